The van der Waals surface area contributed by atoms with Crippen molar-refractivity contribution in [2.75, 3.05) is 13.7 Å². The fourth-order valence-electron chi connectivity index (χ4n) is 1.51. The molecule has 0 unspecified atom stereocenters. The monoisotopic (exact) mass is 340 g/mol. The second kappa shape index (κ2) is 9.03. The van der Waals surface area contributed by atoms with Gasteiger partial charge in [0.05, 0.1) is 12.8 Å². The average Bonchev–Trinajstić information content (AvgIpc) is 2.42. The molecule has 0 amide bonds. The van der Waals surface area contributed by atoms with Crippen LogP contribution in [0.1, 0.15) is 25.0 Å². The van der Waals surface area contributed by atoms with Gasteiger partial charge in [0, 0.05) is 5.56 Å². The van der Waals surface area contributed by atoms with E-state index in [1.165, 1.54) is 32.2 Å². The maximum Gasteiger partial charge on any atom is 0.420 e. The third-order valence-electron chi connectivity index (χ3n) is 2.25. The molecule has 0 spiro atoms. The van der Waals surface area contributed by atoms with E-state index >= 15 is 0 Å². The van der Waals surface area contributed by atoms with Gasteiger partial charge in [-0.05, 0) is 19.9 Å². The van der Waals surface area contributed by atoms with Crippen LogP contribution in [0.15, 0.2) is 23.4 Å². The molecule has 0 aromatic heterocycles. The molecule has 124 valence electrons. The van der Waals surface area contributed by atoms with E-state index in [0.29, 0.717) is 6.61 Å². The molecule has 0 fully saturated rings. The number of alkyl halides is 3. The zero-order valence-corrected chi connectivity index (χ0v) is 12.9. The molecule has 0 heterocycles. The third-order valence-corrected chi connectivity index (χ3v) is 2.25. The first kappa shape index (κ1) is 19.9. The summed E-state index contributed by atoms with van der Waals surface area (Å²) in [5, 5.41) is 3.62. The molecule has 22 heavy (non-hydrogen) atoms. The van der Waals surface area contributed by atoms with Gasteiger partial charge in [-0.3, -0.25) is 0 Å². The summed E-state index contributed by atoms with van der Waals surface area (Å²) in [6.45, 7) is 3.45. The van der Waals surface area contributed by atoms with Crippen LogP contribution in [-0.2, 0) is 21.5 Å². The summed E-state index contributed by atoms with van der Waals surface area (Å²) < 4.78 is 66.6. The molecule has 1 aromatic rings. The standard InChI is InChI=1S/C12H14F3NO2.HNO2S/c1-4-18-16-8(2)9-6-5-7-10(17-3)11(9)12(13,14)15;1-4(2)3/h5-7H,4H2,1-3H3;1H/b16-8+;. The van der Waals surface area contributed by atoms with Gasteiger partial charge in [0.15, 0.2) is 0 Å². The molecule has 6 nitrogen and oxygen atoms in total. The average molecular weight is 340 g/mol. The number of rotatable bonds is 4. The van der Waals surface area contributed by atoms with Gasteiger partial charge in [-0.1, -0.05) is 17.3 Å². The Morgan fingerprint density at radius 2 is 1.91 bits per heavy atom. The van der Waals surface area contributed by atoms with Crippen molar-refractivity contribution < 1.29 is 31.2 Å². The number of benzene rings is 1. The molecule has 10 heteroatoms. The van der Waals surface area contributed by atoms with Crippen molar-refractivity contribution in [3.05, 3.63) is 29.3 Å². The summed E-state index contributed by atoms with van der Waals surface area (Å²) in [7, 11) is -1.41. The number of ether oxygens (including phenoxy) is 1. The molecule has 1 rings (SSSR count). The second-order valence-corrected chi connectivity index (χ2v) is 4.18. The van der Waals surface area contributed by atoms with Crippen LogP contribution in [-0.4, -0.2) is 27.8 Å². The minimum absolute atomic E-state index is 0.0460. The van der Waals surface area contributed by atoms with Crippen LogP contribution >= 0.6 is 0 Å². The first-order valence-electron chi connectivity index (χ1n) is 5.86. The Labute approximate surface area is 127 Å². The largest absolute Gasteiger partial charge is 0.496 e. The zero-order chi connectivity index (χ0) is 17.3. The number of methoxy groups -OCH3 is 1. The van der Waals surface area contributed by atoms with Crippen LogP contribution in [0.4, 0.5) is 13.2 Å². The lowest BCUT2D eigenvalue weighted by Crippen LogP contribution is -2.14. The number of nitrogens with zero attached hydrogens (tertiary/aromatic N) is 1. The lowest BCUT2D eigenvalue weighted by molar-refractivity contribution is -0.138. The summed E-state index contributed by atoms with van der Waals surface area (Å²) in [6, 6.07) is 4.08. The lowest BCUT2D eigenvalue weighted by Gasteiger charge is -2.16. The van der Waals surface area contributed by atoms with E-state index in [-0.39, 0.29) is 17.0 Å². The Balaban J connectivity index is 0.000000980. The van der Waals surface area contributed by atoms with E-state index in [2.05, 4.69) is 5.16 Å². The van der Waals surface area contributed by atoms with Gasteiger partial charge < -0.3 is 9.57 Å². The quantitative estimate of drug-likeness (QED) is 0.674. The zero-order valence-electron chi connectivity index (χ0n) is 12.1. The van der Waals surface area contributed by atoms with E-state index in [1.807, 2.05) is 0 Å². The molecule has 0 saturated carbocycles. The van der Waals surface area contributed by atoms with E-state index in [0.717, 1.165) is 0 Å². The Morgan fingerprint density at radius 1 is 1.36 bits per heavy atom. The summed E-state index contributed by atoms with van der Waals surface area (Å²) >= 11 is 0. The van der Waals surface area contributed by atoms with Crippen LogP contribution < -0.4 is 4.74 Å². The van der Waals surface area contributed by atoms with Crippen molar-refractivity contribution in [2.45, 2.75) is 20.0 Å². The van der Waals surface area contributed by atoms with Crippen LogP contribution in [0.5, 0.6) is 5.75 Å². The summed E-state index contributed by atoms with van der Waals surface area (Å²) in [5.74, 6) is -0.231. The van der Waals surface area contributed by atoms with Crippen LogP contribution in [0.3, 0.4) is 0 Å². The third kappa shape index (κ3) is 6.57. The number of halogens is 3. The van der Waals surface area contributed by atoms with Crippen molar-refractivity contribution >= 4 is 16.2 Å². The molecule has 0 atom stereocenters. The summed E-state index contributed by atoms with van der Waals surface area (Å²) in [5.41, 5.74) is -0.730. The highest BCUT2D eigenvalue weighted by atomic mass is 32.2. The highest BCUT2D eigenvalue weighted by molar-refractivity contribution is 7.60. The Hall–Kier alpha value is -2.10. The molecule has 0 aliphatic heterocycles. The maximum atomic E-state index is 13.0. The predicted molar refractivity (Wildman–Crippen MR) is 73.5 cm³/mol. The molecule has 0 aliphatic carbocycles. The van der Waals surface area contributed by atoms with Crippen LogP contribution in [0.2, 0.25) is 0 Å². The van der Waals surface area contributed by atoms with Crippen molar-refractivity contribution in [1.82, 2.24) is 0 Å². The first-order valence-corrected chi connectivity index (χ1v) is 6.94. The van der Waals surface area contributed by atoms with Gasteiger partial charge in [-0.2, -0.15) is 26.4 Å². The smallest absolute Gasteiger partial charge is 0.420 e. The van der Waals surface area contributed by atoms with E-state index < -0.39 is 22.2 Å². The van der Waals surface area contributed by atoms with Gasteiger partial charge in [-0.15, -0.1) is 0 Å². The minimum atomic E-state index is -4.51. The van der Waals surface area contributed by atoms with Crippen molar-refractivity contribution in [2.24, 2.45) is 5.16 Å². The van der Waals surface area contributed by atoms with Gasteiger partial charge in [0.25, 0.3) is 0 Å². The fourth-order valence-corrected chi connectivity index (χ4v) is 1.51. The fraction of sp³-hybridized carbons (Fsp3) is 0.417. The van der Waals surface area contributed by atoms with E-state index in [4.69, 9.17) is 22.8 Å². The Morgan fingerprint density at radius 3 is 2.32 bits per heavy atom. The number of nitrogens with one attached hydrogen (secondary N) is 1. The molecular formula is C12H15F3N2O4S. The Kier molecular flexibility index (Phi) is 8.17. The number of hydrogen-bond acceptors (Lipinski definition) is 6. The Bertz CT molecular complexity index is 620. The molecule has 0 radical (unpaired) electrons. The highest BCUT2D eigenvalue weighted by Gasteiger charge is 2.37. The van der Waals surface area contributed by atoms with Crippen molar-refractivity contribution in [3.63, 3.8) is 0 Å². The summed E-state index contributed by atoms with van der Waals surface area (Å²) in [4.78, 5) is 4.77. The number of oxime groups is 1. The van der Waals surface area contributed by atoms with Gasteiger partial charge in [-0.25, -0.2) is 0 Å². The molecule has 0 saturated heterocycles. The maximum absolute atomic E-state index is 13.0. The van der Waals surface area contributed by atoms with E-state index in [1.54, 1.807) is 6.92 Å². The van der Waals surface area contributed by atoms with Crippen LogP contribution in [0, 0.1) is 4.78 Å². The molecular weight excluding hydrogens is 325 g/mol. The van der Waals surface area contributed by atoms with Gasteiger partial charge >= 0.3 is 16.7 Å². The van der Waals surface area contributed by atoms with Crippen LogP contribution in [0.25, 0.3) is 0 Å². The topological polar surface area (TPSA) is 88.8 Å². The molecule has 1 N–H and O–H groups in total. The van der Waals surface area contributed by atoms with Crippen molar-refractivity contribution in [1.29, 1.82) is 4.78 Å². The second-order valence-electron chi connectivity index (χ2n) is 3.71. The van der Waals surface area contributed by atoms with Gasteiger partial charge in [0.1, 0.15) is 17.9 Å². The highest BCUT2D eigenvalue weighted by Crippen LogP contribution is 2.38. The minimum Gasteiger partial charge on any atom is -0.496 e. The molecule has 0 bridgehead atoms. The predicted octanol–water partition coefficient (Wildman–Crippen LogP) is 3.10. The van der Waals surface area contributed by atoms with E-state index in [9.17, 15) is 13.2 Å². The summed E-state index contributed by atoms with van der Waals surface area (Å²) in [6.07, 6.45) is -4.51. The molecule has 0 aliphatic rings. The lowest BCUT2D eigenvalue weighted by atomic mass is 10.0. The normalized spacial score (nSPS) is 11.3. The number of hydrogen-bond donors (Lipinski definition) is 1. The SMILES string of the molecule is CCO/N=C(\C)c1cccc(OC)c1C(F)(F)F.N=S(=O)=O. The molecule has 1 aromatic carbocycles. The van der Waals surface area contributed by atoms with Crippen molar-refractivity contribution in [3.8, 4) is 5.75 Å². The first-order chi connectivity index (χ1) is 10.1. The van der Waals surface area contributed by atoms with Gasteiger partial charge in [0.2, 0.25) is 0 Å².